The summed E-state index contributed by atoms with van der Waals surface area (Å²) in [6.45, 7) is 4.81. The molecule has 0 spiro atoms. The third kappa shape index (κ3) is 4.45. The Morgan fingerprint density at radius 3 is 2.64 bits per heavy atom. The molecule has 0 saturated carbocycles. The standard InChI is InChI=1S/C20H24N6O2/c1-27-17-6-4-16(5-7-17)19-23-18(28-24-19)8-13-25-11-3-12-26(15-14-25)20-21-9-2-10-22-20/h2,4-7,9-10H,3,8,11-15H2,1H3. The molecule has 146 valence electrons. The minimum Gasteiger partial charge on any atom is -0.497 e. The molecule has 3 heterocycles. The van der Waals surface area contributed by atoms with Crippen LogP contribution in [0.15, 0.2) is 47.2 Å². The monoisotopic (exact) mass is 380 g/mol. The Balaban J connectivity index is 1.30. The summed E-state index contributed by atoms with van der Waals surface area (Å²) in [5.74, 6) is 2.90. The fourth-order valence-electron chi connectivity index (χ4n) is 3.32. The quantitative estimate of drug-likeness (QED) is 0.644. The maximum absolute atomic E-state index is 5.44. The lowest BCUT2D eigenvalue weighted by atomic mass is 10.2. The Hall–Kier alpha value is -3.00. The zero-order chi connectivity index (χ0) is 19.2. The first-order valence-electron chi connectivity index (χ1n) is 9.53. The summed E-state index contributed by atoms with van der Waals surface area (Å²) in [5.41, 5.74) is 0.920. The molecule has 1 aliphatic heterocycles. The van der Waals surface area contributed by atoms with E-state index in [1.807, 2.05) is 30.3 Å². The summed E-state index contributed by atoms with van der Waals surface area (Å²) in [6, 6.07) is 9.50. The van der Waals surface area contributed by atoms with Crippen molar-refractivity contribution in [3.05, 3.63) is 48.6 Å². The fourth-order valence-corrected chi connectivity index (χ4v) is 3.32. The van der Waals surface area contributed by atoms with Gasteiger partial charge in [0.25, 0.3) is 0 Å². The summed E-state index contributed by atoms with van der Waals surface area (Å²) < 4.78 is 10.6. The van der Waals surface area contributed by atoms with E-state index in [2.05, 4.69) is 29.9 Å². The molecule has 0 bridgehead atoms. The van der Waals surface area contributed by atoms with Crippen LogP contribution in [0.3, 0.4) is 0 Å². The summed E-state index contributed by atoms with van der Waals surface area (Å²) in [5, 5.41) is 4.11. The van der Waals surface area contributed by atoms with Crippen molar-refractivity contribution in [1.29, 1.82) is 0 Å². The van der Waals surface area contributed by atoms with Gasteiger partial charge in [0.15, 0.2) is 0 Å². The molecule has 1 aliphatic rings. The maximum Gasteiger partial charge on any atom is 0.228 e. The Morgan fingerprint density at radius 2 is 1.86 bits per heavy atom. The summed E-state index contributed by atoms with van der Waals surface area (Å²) in [7, 11) is 1.65. The highest BCUT2D eigenvalue weighted by atomic mass is 16.5. The first-order valence-corrected chi connectivity index (χ1v) is 9.53. The van der Waals surface area contributed by atoms with Gasteiger partial charge in [0.05, 0.1) is 7.11 Å². The van der Waals surface area contributed by atoms with E-state index in [9.17, 15) is 0 Å². The number of aromatic nitrogens is 4. The maximum atomic E-state index is 5.44. The van der Waals surface area contributed by atoms with E-state index in [1.54, 1.807) is 19.5 Å². The Kier molecular flexibility index (Phi) is 5.77. The minimum atomic E-state index is 0.612. The van der Waals surface area contributed by atoms with Crippen molar-refractivity contribution in [1.82, 2.24) is 25.0 Å². The largest absolute Gasteiger partial charge is 0.497 e. The Bertz CT molecular complexity index is 868. The van der Waals surface area contributed by atoms with Gasteiger partial charge < -0.3 is 19.1 Å². The molecule has 1 aromatic carbocycles. The number of hydrogen-bond acceptors (Lipinski definition) is 8. The topological polar surface area (TPSA) is 80.4 Å². The second kappa shape index (κ2) is 8.79. The molecular formula is C20H24N6O2. The molecule has 8 heteroatoms. The molecule has 0 amide bonds. The van der Waals surface area contributed by atoms with Crippen LogP contribution in [0.1, 0.15) is 12.3 Å². The lowest BCUT2D eigenvalue weighted by molar-refractivity contribution is 0.279. The van der Waals surface area contributed by atoms with Crippen LogP contribution in [0.25, 0.3) is 11.4 Å². The highest BCUT2D eigenvalue weighted by Crippen LogP contribution is 2.20. The molecule has 2 aromatic heterocycles. The van der Waals surface area contributed by atoms with Gasteiger partial charge >= 0.3 is 0 Å². The predicted molar refractivity (Wildman–Crippen MR) is 105 cm³/mol. The number of anilines is 1. The van der Waals surface area contributed by atoms with Crippen LogP contribution in [-0.2, 0) is 6.42 Å². The van der Waals surface area contributed by atoms with E-state index < -0.39 is 0 Å². The van der Waals surface area contributed by atoms with Gasteiger partial charge in [-0.2, -0.15) is 4.98 Å². The first-order chi connectivity index (χ1) is 13.8. The second-order valence-electron chi connectivity index (χ2n) is 6.72. The molecular weight excluding hydrogens is 356 g/mol. The lowest BCUT2D eigenvalue weighted by Crippen LogP contribution is -2.32. The van der Waals surface area contributed by atoms with Crippen LogP contribution in [0, 0.1) is 0 Å². The number of hydrogen-bond donors (Lipinski definition) is 0. The van der Waals surface area contributed by atoms with E-state index in [1.165, 1.54) is 0 Å². The van der Waals surface area contributed by atoms with Crippen molar-refractivity contribution in [3.63, 3.8) is 0 Å². The Labute approximate surface area is 164 Å². The smallest absolute Gasteiger partial charge is 0.228 e. The molecule has 0 atom stereocenters. The highest BCUT2D eigenvalue weighted by molar-refractivity contribution is 5.55. The second-order valence-corrected chi connectivity index (χ2v) is 6.72. The molecule has 1 fully saturated rings. The molecule has 4 rings (SSSR count). The van der Waals surface area contributed by atoms with Crippen molar-refractivity contribution >= 4 is 5.95 Å². The van der Waals surface area contributed by atoms with Crippen molar-refractivity contribution in [3.8, 4) is 17.1 Å². The van der Waals surface area contributed by atoms with Crippen LogP contribution in [0.2, 0.25) is 0 Å². The number of nitrogens with zero attached hydrogens (tertiary/aromatic N) is 6. The molecule has 0 N–H and O–H groups in total. The third-order valence-corrected chi connectivity index (χ3v) is 4.88. The molecule has 28 heavy (non-hydrogen) atoms. The molecule has 0 unspecified atom stereocenters. The Morgan fingerprint density at radius 1 is 1.04 bits per heavy atom. The molecule has 8 nitrogen and oxygen atoms in total. The number of ether oxygens (including phenoxy) is 1. The summed E-state index contributed by atoms with van der Waals surface area (Å²) >= 11 is 0. The van der Waals surface area contributed by atoms with Crippen molar-refractivity contribution in [2.75, 3.05) is 44.7 Å². The molecule has 0 radical (unpaired) electrons. The molecule has 1 saturated heterocycles. The third-order valence-electron chi connectivity index (χ3n) is 4.88. The minimum absolute atomic E-state index is 0.612. The summed E-state index contributed by atoms with van der Waals surface area (Å²) in [4.78, 5) is 17.9. The number of methoxy groups -OCH3 is 1. The highest BCUT2D eigenvalue weighted by Gasteiger charge is 2.17. The van der Waals surface area contributed by atoms with Gasteiger partial charge in [-0.15, -0.1) is 0 Å². The number of rotatable bonds is 6. The zero-order valence-electron chi connectivity index (χ0n) is 16.0. The average molecular weight is 380 g/mol. The van der Waals surface area contributed by atoms with E-state index >= 15 is 0 Å². The fraction of sp³-hybridized carbons (Fsp3) is 0.400. The van der Waals surface area contributed by atoms with Crippen molar-refractivity contribution < 1.29 is 9.26 Å². The van der Waals surface area contributed by atoms with E-state index in [-0.39, 0.29) is 0 Å². The van der Waals surface area contributed by atoms with Gasteiger partial charge in [0.2, 0.25) is 17.7 Å². The molecule has 3 aromatic rings. The number of benzene rings is 1. The van der Waals surface area contributed by atoms with E-state index in [0.29, 0.717) is 11.7 Å². The molecule has 0 aliphatic carbocycles. The van der Waals surface area contributed by atoms with E-state index in [4.69, 9.17) is 9.26 Å². The normalized spacial score (nSPS) is 15.4. The van der Waals surface area contributed by atoms with Gasteiger partial charge in [0.1, 0.15) is 5.75 Å². The van der Waals surface area contributed by atoms with Crippen LogP contribution < -0.4 is 9.64 Å². The van der Waals surface area contributed by atoms with Gasteiger partial charge in [-0.25, -0.2) is 9.97 Å². The van der Waals surface area contributed by atoms with Crippen molar-refractivity contribution in [2.24, 2.45) is 0 Å². The van der Waals surface area contributed by atoms with Crippen LogP contribution in [0.4, 0.5) is 5.95 Å². The van der Waals surface area contributed by atoms with Gasteiger partial charge in [-0.1, -0.05) is 5.16 Å². The lowest BCUT2D eigenvalue weighted by Gasteiger charge is -2.21. The average Bonchev–Trinajstić information content (AvgIpc) is 3.10. The van der Waals surface area contributed by atoms with Crippen LogP contribution in [0.5, 0.6) is 5.75 Å². The van der Waals surface area contributed by atoms with E-state index in [0.717, 1.165) is 62.8 Å². The van der Waals surface area contributed by atoms with Gasteiger partial charge in [0, 0.05) is 50.6 Å². The SMILES string of the molecule is COc1ccc(-c2noc(CCN3CCCN(c4ncccn4)CC3)n2)cc1. The van der Waals surface area contributed by atoms with Gasteiger partial charge in [-0.3, -0.25) is 0 Å². The van der Waals surface area contributed by atoms with Gasteiger partial charge in [-0.05, 0) is 43.3 Å². The van der Waals surface area contributed by atoms with Crippen LogP contribution in [-0.4, -0.2) is 64.8 Å². The predicted octanol–water partition coefficient (Wildman–Crippen LogP) is 2.29. The first kappa shape index (κ1) is 18.4. The van der Waals surface area contributed by atoms with Crippen LogP contribution >= 0.6 is 0 Å². The summed E-state index contributed by atoms with van der Waals surface area (Å²) in [6.07, 6.45) is 5.41. The van der Waals surface area contributed by atoms with Crippen molar-refractivity contribution in [2.45, 2.75) is 12.8 Å². The zero-order valence-corrected chi connectivity index (χ0v) is 16.0.